The molecular weight excluding hydrogens is 404 g/mol. The Balaban J connectivity index is 1.34. The van der Waals surface area contributed by atoms with Gasteiger partial charge in [-0.05, 0) is 80.5 Å². The average Bonchev–Trinajstić information content (AvgIpc) is 3.37. The van der Waals surface area contributed by atoms with E-state index in [-0.39, 0.29) is 11.9 Å². The van der Waals surface area contributed by atoms with Crippen LogP contribution < -0.4 is 10.1 Å². The van der Waals surface area contributed by atoms with Crippen molar-refractivity contribution in [2.45, 2.75) is 64.2 Å². The van der Waals surface area contributed by atoms with Gasteiger partial charge in [-0.25, -0.2) is 0 Å². The van der Waals surface area contributed by atoms with Crippen molar-refractivity contribution in [2.24, 2.45) is 0 Å². The van der Waals surface area contributed by atoms with E-state index < -0.39 is 0 Å². The molecule has 2 aliphatic heterocycles. The fourth-order valence-electron chi connectivity index (χ4n) is 5.05. The molecule has 2 saturated heterocycles. The summed E-state index contributed by atoms with van der Waals surface area (Å²) in [7, 11) is 1.69. The lowest BCUT2D eigenvalue weighted by Gasteiger charge is -2.39. The van der Waals surface area contributed by atoms with Crippen molar-refractivity contribution in [1.82, 2.24) is 10.2 Å². The fraction of sp³-hybridized carbons (Fsp3) is 0.500. The molecule has 1 amide bonds. The maximum atomic E-state index is 12.3. The zero-order valence-electron chi connectivity index (χ0n) is 19.3. The van der Waals surface area contributed by atoms with Crippen LogP contribution >= 0.6 is 0 Å². The molecular formula is C26H34N2O4. The Morgan fingerprint density at radius 3 is 2.62 bits per heavy atom. The molecule has 0 saturated carbocycles. The van der Waals surface area contributed by atoms with Gasteiger partial charge in [-0.15, -0.1) is 0 Å². The number of hydrogen-bond acceptors (Lipinski definition) is 5. The Labute approximate surface area is 190 Å². The first-order valence-electron chi connectivity index (χ1n) is 11.5. The van der Waals surface area contributed by atoms with Crippen LogP contribution in [0, 0.1) is 13.8 Å². The summed E-state index contributed by atoms with van der Waals surface area (Å²) in [6.45, 7) is 6.44. The van der Waals surface area contributed by atoms with Crippen LogP contribution in [0.2, 0.25) is 0 Å². The topological polar surface area (TPSA) is 63.9 Å². The van der Waals surface area contributed by atoms with Crippen LogP contribution in [-0.4, -0.2) is 49.3 Å². The van der Waals surface area contributed by atoms with Crippen molar-refractivity contribution < 1.29 is 18.7 Å². The van der Waals surface area contributed by atoms with Gasteiger partial charge >= 0.3 is 0 Å². The number of hydrogen-bond donors (Lipinski definition) is 1. The minimum atomic E-state index is -0.0465. The van der Waals surface area contributed by atoms with Crippen molar-refractivity contribution in [3.05, 3.63) is 59.1 Å². The summed E-state index contributed by atoms with van der Waals surface area (Å²) in [5.74, 6) is 1.58. The predicted molar refractivity (Wildman–Crippen MR) is 125 cm³/mol. The van der Waals surface area contributed by atoms with Crippen molar-refractivity contribution in [1.29, 1.82) is 0 Å². The standard InChI is InChI=1S/C26H34N2O4/c1-18-19(2)25(32-14-13-30-3)10-6-20(18)17-28-22-7-8-23(28)16-21(15-22)27-26(29)11-9-24-5-4-12-31-24/h4-6,9-12,21-23H,7-8,13-17H2,1-3H3,(H,27,29)/b11-9+. The maximum Gasteiger partial charge on any atom is 0.244 e. The summed E-state index contributed by atoms with van der Waals surface area (Å²) in [5, 5.41) is 3.20. The van der Waals surface area contributed by atoms with Crippen molar-refractivity contribution in [2.75, 3.05) is 20.3 Å². The second-order valence-corrected chi connectivity index (χ2v) is 8.90. The van der Waals surface area contributed by atoms with Gasteiger partial charge in [0.2, 0.25) is 5.91 Å². The first-order valence-corrected chi connectivity index (χ1v) is 11.5. The largest absolute Gasteiger partial charge is 0.491 e. The van der Waals surface area contributed by atoms with E-state index in [1.165, 1.54) is 29.5 Å². The molecule has 6 nitrogen and oxygen atoms in total. The van der Waals surface area contributed by atoms with Gasteiger partial charge in [-0.1, -0.05) is 6.07 Å². The summed E-state index contributed by atoms with van der Waals surface area (Å²) in [5.41, 5.74) is 3.87. The molecule has 1 aromatic heterocycles. The Kier molecular flexibility index (Phi) is 7.33. The van der Waals surface area contributed by atoms with E-state index in [0.717, 1.165) is 25.1 Å². The number of nitrogens with one attached hydrogen (secondary N) is 1. The minimum absolute atomic E-state index is 0.0465. The van der Waals surface area contributed by atoms with Gasteiger partial charge < -0.3 is 19.2 Å². The monoisotopic (exact) mass is 438 g/mol. The van der Waals surface area contributed by atoms with Gasteiger partial charge in [0.15, 0.2) is 0 Å². The number of fused-ring (bicyclic) bond motifs is 2. The lowest BCUT2D eigenvalue weighted by molar-refractivity contribution is -0.117. The molecule has 0 spiro atoms. The van der Waals surface area contributed by atoms with Gasteiger partial charge in [0, 0.05) is 37.9 Å². The van der Waals surface area contributed by atoms with Crippen LogP contribution in [-0.2, 0) is 16.1 Å². The number of benzene rings is 1. The number of rotatable bonds is 9. The van der Waals surface area contributed by atoms with Gasteiger partial charge in [0.05, 0.1) is 12.9 Å². The Morgan fingerprint density at radius 2 is 1.94 bits per heavy atom. The highest BCUT2D eigenvalue weighted by atomic mass is 16.5. The Hall–Kier alpha value is -2.57. The fourth-order valence-corrected chi connectivity index (χ4v) is 5.05. The molecule has 3 heterocycles. The molecule has 32 heavy (non-hydrogen) atoms. The van der Waals surface area contributed by atoms with E-state index in [2.05, 4.69) is 36.2 Å². The highest BCUT2D eigenvalue weighted by Gasteiger charge is 2.41. The number of nitrogens with zero attached hydrogens (tertiary/aromatic N) is 1. The summed E-state index contributed by atoms with van der Waals surface area (Å²) >= 11 is 0. The molecule has 4 rings (SSSR count). The highest BCUT2D eigenvalue weighted by molar-refractivity contribution is 5.91. The van der Waals surface area contributed by atoms with Gasteiger partial charge in [0.25, 0.3) is 0 Å². The average molecular weight is 439 g/mol. The van der Waals surface area contributed by atoms with E-state index in [9.17, 15) is 4.79 Å². The molecule has 0 aliphatic carbocycles. The van der Waals surface area contributed by atoms with E-state index in [1.807, 2.05) is 12.1 Å². The maximum absolute atomic E-state index is 12.3. The van der Waals surface area contributed by atoms with Crippen LogP contribution in [0.15, 0.2) is 41.0 Å². The zero-order valence-corrected chi connectivity index (χ0v) is 19.3. The lowest BCUT2D eigenvalue weighted by atomic mass is 9.95. The molecule has 2 aromatic rings. The molecule has 2 aliphatic rings. The zero-order chi connectivity index (χ0) is 22.5. The third-order valence-corrected chi connectivity index (χ3v) is 6.92. The van der Waals surface area contributed by atoms with E-state index in [1.54, 1.807) is 25.5 Å². The normalized spacial score (nSPS) is 23.0. The summed E-state index contributed by atoms with van der Waals surface area (Å²) in [6.07, 6.45) is 9.31. The smallest absolute Gasteiger partial charge is 0.244 e. The second-order valence-electron chi connectivity index (χ2n) is 8.90. The molecule has 172 valence electrons. The van der Waals surface area contributed by atoms with Gasteiger partial charge in [0.1, 0.15) is 18.1 Å². The quantitative estimate of drug-likeness (QED) is 0.469. The number of carbonyl (C=O) groups excluding carboxylic acids is 1. The van der Waals surface area contributed by atoms with Crippen LogP contribution in [0.1, 0.15) is 48.1 Å². The van der Waals surface area contributed by atoms with Crippen LogP contribution in [0.5, 0.6) is 5.75 Å². The molecule has 6 heteroatoms. The van der Waals surface area contributed by atoms with Crippen molar-refractivity contribution in [3.8, 4) is 5.75 Å². The minimum Gasteiger partial charge on any atom is -0.491 e. The van der Waals surface area contributed by atoms with Crippen molar-refractivity contribution >= 4 is 12.0 Å². The van der Waals surface area contributed by atoms with Crippen LogP contribution in [0.4, 0.5) is 0 Å². The predicted octanol–water partition coefficient (Wildman–Crippen LogP) is 4.25. The molecule has 2 bridgehead atoms. The Bertz CT molecular complexity index is 924. The van der Waals surface area contributed by atoms with E-state index in [4.69, 9.17) is 13.9 Å². The third-order valence-electron chi connectivity index (χ3n) is 6.92. The molecule has 2 fully saturated rings. The molecule has 1 aromatic carbocycles. The van der Waals surface area contributed by atoms with Crippen LogP contribution in [0.25, 0.3) is 6.08 Å². The Morgan fingerprint density at radius 1 is 1.16 bits per heavy atom. The van der Waals surface area contributed by atoms with Gasteiger partial charge in [-0.3, -0.25) is 9.69 Å². The number of piperidine rings is 1. The van der Waals surface area contributed by atoms with Crippen LogP contribution in [0.3, 0.4) is 0 Å². The summed E-state index contributed by atoms with van der Waals surface area (Å²) < 4.78 is 16.2. The lowest BCUT2D eigenvalue weighted by Crippen LogP contribution is -2.49. The number of furan rings is 1. The molecule has 2 atom stereocenters. The number of amides is 1. The summed E-state index contributed by atoms with van der Waals surface area (Å²) in [4.78, 5) is 15.0. The van der Waals surface area contributed by atoms with Crippen molar-refractivity contribution in [3.63, 3.8) is 0 Å². The number of methoxy groups -OCH3 is 1. The van der Waals surface area contributed by atoms with E-state index in [0.29, 0.717) is 31.1 Å². The summed E-state index contributed by atoms with van der Waals surface area (Å²) in [6, 6.07) is 9.22. The number of carbonyl (C=O) groups is 1. The highest BCUT2D eigenvalue weighted by Crippen LogP contribution is 2.38. The molecule has 2 unspecified atom stereocenters. The first-order chi connectivity index (χ1) is 15.5. The van der Waals surface area contributed by atoms with Gasteiger partial charge in [-0.2, -0.15) is 0 Å². The molecule has 0 radical (unpaired) electrons. The molecule has 1 N–H and O–H groups in total. The first kappa shape index (κ1) is 22.6. The number of ether oxygens (including phenoxy) is 2. The van der Waals surface area contributed by atoms with E-state index >= 15 is 0 Å². The third kappa shape index (κ3) is 5.25. The SMILES string of the molecule is COCCOc1ccc(CN2C3CCC2CC(NC(=O)/C=C/c2ccco2)C3)c(C)c1C. The second kappa shape index (κ2) is 10.4.